The second-order valence-corrected chi connectivity index (χ2v) is 10.2. The molecular weight excluding hydrogens is 484 g/mol. The first-order valence-corrected chi connectivity index (χ1v) is 13.1. The minimum atomic E-state index is -0.806. The van der Waals surface area contributed by atoms with Crippen molar-refractivity contribution >= 4 is 44.1 Å². The van der Waals surface area contributed by atoms with Crippen LogP contribution >= 0.6 is 11.3 Å². The number of ether oxygens (including phenoxy) is 1. The van der Waals surface area contributed by atoms with E-state index in [1.807, 2.05) is 57.2 Å². The van der Waals surface area contributed by atoms with Crippen LogP contribution in [-0.4, -0.2) is 28.4 Å². The van der Waals surface area contributed by atoms with Crippen LogP contribution in [0.3, 0.4) is 0 Å². The van der Waals surface area contributed by atoms with Crippen LogP contribution in [0, 0.1) is 13.8 Å². The van der Waals surface area contributed by atoms with Crippen molar-refractivity contribution in [1.82, 2.24) is 4.98 Å². The zero-order chi connectivity index (χ0) is 26.3. The Hall–Kier alpha value is -3.97. The standard InChI is InChI=1S/C30H28N2O4S/c1-5-19-7-9-20(10-8-19)26-24(27(33)21-11-13-22(14-12-21)36-6-2)28(34)29(35)32(26)30-31-25-18(4)15-17(3)16-23(25)37-30/h7-16,26,33H,5-6H2,1-4H3/b27-24+. The van der Waals surface area contributed by atoms with Gasteiger partial charge in [0.25, 0.3) is 5.78 Å². The van der Waals surface area contributed by atoms with Gasteiger partial charge in [-0.3, -0.25) is 14.5 Å². The van der Waals surface area contributed by atoms with Crippen molar-refractivity contribution in [3.8, 4) is 5.75 Å². The Morgan fingerprint density at radius 2 is 1.73 bits per heavy atom. The van der Waals surface area contributed by atoms with Gasteiger partial charge in [-0.25, -0.2) is 4.98 Å². The number of carbonyl (C=O) groups is 2. The Labute approximate surface area is 219 Å². The van der Waals surface area contributed by atoms with Gasteiger partial charge in [-0.15, -0.1) is 0 Å². The number of aliphatic hydroxyl groups is 1. The van der Waals surface area contributed by atoms with Crippen molar-refractivity contribution in [2.45, 2.75) is 40.2 Å². The quantitative estimate of drug-likeness (QED) is 0.181. The van der Waals surface area contributed by atoms with Crippen molar-refractivity contribution in [3.05, 3.63) is 94.1 Å². The van der Waals surface area contributed by atoms with E-state index in [1.54, 1.807) is 24.3 Å². The number of carbonyl (C=O) groups excluding carboxylic acids is 2. The Morgan fingerprint density at radius 1 is 1.03 bits per heavy atom. The number of aliphatic hydroxyl groups excluding tert-OH is 1. The van der Waals surface area contributed by atoms with Crippen molar-refractivity contribution in [1.29, 1.82) is 0 Å². The summed E-state index contributed by atoms with van der Waals surface area (Å²) in [5.74, 6) is -0.999. The fraction of sp³-hybridized carbons (Fsp3) is 0.233. The molecule has 6 nitrogen and oxygen atoms in total. The van der Waals surface area contributed by atoms with Gasteiger partial charge in [0.2, 0.25) is 0 Å². The first-order valence-electron chi connectivity index (χ1n) is 12.3. The van der Waals surface area contributed by atoms with Crippen molar-refractivity contribution in [2.75, 3.05) is 11.5 Å². The number of amides is 1. The van der Waals surface area contributed by atoms with E-state index in [9.17, 15) is 14.7 Å². The van der Waals surface area contributed by atoms with Crippen molar-refractivity contribution < 1.29 is 19.4 Å². The summed E-state index contributed by atoms with van der Waals surface area (Å²) < 4.78 is 6.45. The van der Waals surface area contributed by atoms with E-state index in [0.717, 1.165) is 38.9 Å². The third-order valence-electron chi connectivity index (χ3n) is 6.61. The van der Waals surface area contributed by atoms with Crippen LogP contribution in [-0.2, 0) is 16.0 Å². The molecule has 2 heterocycles. The number of hydrogen-bond donors (Lipinski definition) is 1. The molecule has 0 aliphatic carbocycles. The van der Waals surface area contributed by atoms with Crippen LogP contribution in [0.15, 0.2) is 66.2 Å². The van der Waals surface area contributed by atoms with Crippen LogP contribution in [0.1, 0.15) is 47.7 Å². The average Bonchev–Trinajstić information content (AvgIpc) is 3.43. The molecule has 37 heavy (non-hydrogen) atoms. The number of Topliss-reactive ketones (excluding diaryl/α,β-unsaturated/α-hetero) is 1. The largest absolute Gasteiger partial charge is 0.507 e. The number of ketones is 1. The zero-order valence-electron chi connectivity index (χ0n) is 21.2. The highest BCUT2D eigenvalue weighted by atomic mass is 32.1. The summed E-state index contributed by atoms with van der Waals surface area (Å²) in [5, 5.41) is 11.8. The number of benzene rings is 3. The Morgan fingerprint density at radius 3 is 2.38 bits per heavy atom. The van der Waals surface area contributed by atoms with E-state index < -0.39 is 17.7 Å². The van der Waals surface area contributed by atoms with E-state index >= 15 is 0 Å². The normalized spacial score (nSPS) is 17.1. The minimum Gasteiger partial charge on any atom is -0.507 e. The molecular formula is C30H28N2O4S. The van der Waals surface area contributed by atoms with Gasteiger partial charge in [0.1, 0.15) is 11.5 Å². The summed E-state index contributed by atoms with van der Waals surface area (Å²) in [7, 11) is 0. The molecule has 4 aromatic rings. The number of aryl methyl sites for hydroxylation is 3. The Kier molecular flexibility index (Phi) is 6.56. The van der Waals surface area contributed by atoms with E-state index in [1.165, 1.54) is 16.2 Å². The molecule has 7 heteroatoms. The van der Waals surface area contributed by atoms with Crippen LogP contribution in [0.5, 0.6) is 5.75 Å². The third-order valence-corrected chi connectivity index (χ3v) is 7.61. The summed E-state index contributed by atoms with van der Waals surface area (Å²) in [6.45, 7) is 8.48. The second-order valence-electron chi connectivity index (χ2n) is 9.15. The number of nitrogens with zero attached hydrogens (tertiary/aromatic N) is 2. The van der Waals surface area contributed by atoms with E-state index in [0.29, 0.717) is 23.1 Å². The molecule has 1 aliphatic rings. The summed E-state index contributed by atoms with van der Waals surface area (Å²) >= 11 is 1.37. The lowest BCUT2D eigenvalue weighted by Gasteiger charge is -2.23. The predicted molar refractivity (Wildman–Crippen MR) is 147 cm³/mol. The summed E-state index contributed by atoms with van der Waals surface area (Å²) in [6.07, 6.45) is 0.864. The fourth-order valence-electron chi connectivity index (χ4n) is 4.77. The summed E-state index contributed by atoms with van der Waals surface area (Å²) in [6, 6.07) is 17.9. The molecule has 0 saturated carbocycles. The monoisotopic (exact) mass is 512 g/mol. The maximum atomic E-state index is 13.5. The molecule has 1 N–H and O–H groups in total. The van der Waals surface area contributed by atoms with Crippen LogP contribution < -0.4 is 9.64 Å². The lowest BCUT2D eigenvalue weighted by molar-refractivity contribution is -0.132. The second kappa shape index (κ2) is 9.82. The maximum absolute atomic E-state index is 13.5. The molecule has 0 radical (unpaired) electrons. The summed E-state index contributed by atoms with van der Waals surface area (Å²) in [5.41, 5.74) is 5.27. The molecule has 1 aromatic heterocycles. The van der Waals surface area contributed by atoms with Gasteiger partial charge in [0, 0.05) is 5.56 Å². The summed E-state index contributed by atoms with van der Waals surface area (Å²) in [4.78, 5) is 33.2. The molecule has 3 aromatic carbocycles. The van der Waals surface area contributed by atoms with E-state index in [4.69, 9.17) is 9.72 Å². The predicted octanol–water partition coefficient (Wildman–Crippen LogP) is 6.50. The lowest BCUT2D eigenvalue weighted by atomic mass is 9.94. The van der Waals surface area contributed by atoms with Crippen LogP contribution in [0.25, 0.3) is 16.0 Å². The van der Waals surface area contributed by atoms with Gasteiger partial charge in [0.05, 0.1) is 28.4 Å². The molecule has 1 aliphatic heterocycles. The zero-order valence-corrected chi connectivity index (χ0v) is 22.1. The van der Waals surface area contributed by atoms with E-state index in [2.05, 4.69) is 6.92 Å². The fourth-order valence-corrected chi connectivity index (χ4v) is 5.94. The molecule has 188 valence electrons. The number of aromatic nitrogens is 1. The average molecular weight is 513 g/mol. The Bertz CT molecular complexity index is 1530. The SMILES string of the molecule is CCOc1ccc(/C(O)=C2\C(=O)C(=O)N(c3nc4c(C)cc(C)cc4s3)C2c2ccc(CC)cc2)cc1. The van der Waals surface area contributed by atoms with Crippen molar-refractivity contribution in [3.63, 3.8) is 0 Å². The van der Waals surface area contributed by atoms with Gasteiger partial charge in [0.15, 0.2) is 5.13 Å². The first-order chi connectivity index (χ1) is 17.8. The van der Waals surface area contributed by atoms with Gasteiger partial charge < -0.3 is 9.84 Å². The first kappa shape index (κ1) is 24.7. The van der Waals surface area contributed by atoms with Crippen LogP contribution in [0.2, 0.25) is 0 Å². The smallest absolute Gasteiger partial charge is 0.301 e. The molecule has 1 atom stereocenters. The van der Waals surface area contributed by atoms with Gasteiger partial charge in [-0.2, -0.15) is 0 Å². The van der Waals surface area contributed by atoms with Gasteiger partial charge >= 0.3 is 5.91 Å². The molecule has 1 saturated heterocycles. The lowest BCUT2D eigenvalue weighted by Crippen LogP contribution is -2.29. The molecule has 0 spiro atoms. The minimum absolute atomic E-state index is 0.0468. The Balaban J connectivity index is 1.69. The molecule has 1 fully saturated rings. The molecule has 1 unspecified atom stereocenters. The number of fused-ring (bicyclic) bond motifs is 1. The molecule has 1 amide bonds. The number of thiazole rings is 1. The molecule has 0 bridgehead atoms. The maximum Gasteiger partial charge on any atom is 0.301 e. The number of hydrogen-bond acceptors (Lipinski definition) is 6. The van der Waals surface area contributed by atoms with E-state index in [-0.39, 0.29) is 11.3 Å². The highest BCUT2D eigenvalue weighted by Crippen LogP contribution is 2.44. The van der Waals surface area contributed by atoms with Gasteiger partial charge in [-0.1, -0.05) is 48.6 Å². The highest BCUT2D eigenvalue weighted by molar-refractivity contribution is 7.22. The van der Waals surface area contributed by atoms with Crippen LogP contribution in [0.4, 0.5) is 5.13 Å². The van der Waals surface area contributed by atoms with Crippen molar-refractivity contribution in [2.24, 2.45) is 0 Å². The molecule has 5 rings (SSSR count). The third kappa shape index (κ3) is 4.40. The number of anilines is 1. The van der Waals surface area contributed by atoms with Gasteiger partial charge in [-0.05, 0) is 79.8 Å². The topological polar surface area (TPSA) is 79.7 Å². The highest BCUT2D eigenvalue weighted by Gasteiger charge is 2.48. The number of rotatable bonds is 6.